The van der Waals surface area contributed by atoms with Gasteiger partial charge in [-0.05, 0) is 30.9 Å². The SMILES string of the molecule is C[C@@H]1CCCC[C@H]1NC(=O)CSc1ncnc2c1cnn2-c1ccccc1. The fraction of sp³-hybridized carbons (Fsp3) is 0.400. The van der Waals surface area contributed by atoms with Gasteiger partial charge in [0.25, 0.3) is 0 Å². The Morgan fingerprint density at radius 3 is 2.85 bits per heavy atom. The van der Waals surface area contributed by atoms with Gasteiger partial charge in [-0.25, -0.2) is 14.6 Å². The van der Waals surface area contributed by atoms with E-state index < -0.39 is 0 Å². The molecule has 2 atom stereocenters. The van der Waals surface area contributed by atoms with Crippen LogP contribution >= 0.6 is 11.8 Å². The number of amides is 1. The van der Waals surface area contributed by atoms with Crippen molar-refractivity contribution >= 4 is 28.7 Å². The van der Waals surface area contributed by atoms with Gasteiger partial charge in [-0.15, -0.1) is 0 Å². The van der Waals surface area contributed by atoms with Gasteiger partial charge in [0.15, 0.2) is 5.65 Å². The number of fused-ring (bicyclic) bond motifs is 1. The number of thioether (sulfide) groups is 1. The van der Waals surface area contributed by atoms with E-state index >= 15 is 0 Å². The average molecular weight is 382 g/mol. The maximum atomic E-state index is 12.4. The normalized spacial score (nSPS) is 19.9. The summed E-state index contributed by atoms with van der Waals surface area (Å²) in [6.45, 7) is 2.23. The fourth-order valence-corrected chi connectivity index (χ4v) is 4.38. The van der Waals surface area contributed by atoms with Gasteiger partial charge < -0.3 is 5.32 Å². The van der Waals surface area contributed by atoms with Crippen LogP contribution < -0.4 is 5.32 Å². The topological polar surface area (TPSA) is 72.7 Å². The Bertz CT molecular complexity index is 927. The summed E-state index contributed by atoms with van der Waals surface area (Å²) in [6.07, 6.45) is 8.06. The molecular formula is C20H23N5OS. The second-order valence-electron chi connectivity index (χ2n) is 7.03. The molecule has 0 bridgehead atoms. The van der Waals surface area contributed by atoms with E-state index in [1.165, 1.54) is 37.4 Å². The van der Waals surface area contributed by atoms with Crippen molar-refractivity contribution in [3.05, 3.63) is 42.9 Å². The Balaban J connectivity index is 1.46. The molecule has 2 heterocycles. The minimum atomic E-state index is 0.0703. The minimum Gasteiger partial charge on any atom is -0.352 e. The van der Waals surface area contributed by atoms with E-state index in [4.69, 9.17) is 0 Å². The van der Waals surface area contributed by atoms with Gasteiger partial charge >= 0.3 is 0 Å². The summed E-state index contributed by atoms with van der Waals surface area (Å²) in [7, 11) is 0. The average Bonchev–Trinajstić information content (AvgIpc) is 3.13. The molecule has 1 saturated carbocycles. The highest BCUT2D eigenvalue weighted by Crippen LogP contribution is 2.27. The van der Waals surface area contributed by atoms with Crippen LogP contribution in [0.25, 0.3) is 16.7 Å². The molecule has 6 nitrogen and oxygen atoms in total. The van der Waals surface area contributed by atoms with Crippen LogP contribution in [0.15, 0.2) is 47.9 Å². The van der Waals surface area contributed by atoms with Crippen molar-refractivity contribution in [2.75, 3.05) is 5.75 Å². The molecule has 0 spiro atoms. The number of nitrogens with one attached hydrogen (secondary N) is 1. The highest BCUT2D eigenvalue weighted by Gasteiger charge is 2.23. The summed E-state index contributed by atoms with van der Waals surface area (Å²) in [5.41, 5.74) is 1.70. The zero-order valence-electron chi connectivity index (χ0n) is 15.3. The molecule has 0 unspecified atom stereocenters. The van der Waals surface area contributed by atoms with Crippen LogP contribution in [-0.4, -0.2) is 37.5 Å². The van der Waals surface area contributed by atoms with E-state index in [0.717, 1.165) is 28.2 Å². The molecule has 0 saturated heterocycles. The van der Waals surface area contributed by atoms with Crippen LogP contribution in [0.5, 0.6) is 0 Å². The summed E-state index contributed by atoms with van der Waals surface area (Å²) < 4.78 is 1.80. The van der Waals surface area contributed by atoms with E-state index in [1.54, 1.807) is 10.9 Å². The summed E-state index contributed by atoms with van der Waals surface area (Å²) in [5, 5.41) is 9.30. The molecule has 3 aromatic rings. The molecular weight excluding hydrogens is 358 g/mol. The predicted octanol–water partition coefficient (Wildman–Crippen LogP) is 3.60. The molecule has 1 aliphatic carbocycles. The van der Waals surface area contributed by atoms with Crippen molar-refractivity contribution in [2.24, 2.45) is 5.92 Å². The molecule has 1 aromatic carbocycles. The first kappa shape index (κ1) is 18.0. The van der Waals surface area contributed by atoms with E-state index in [-0.39, 0.29) is 5.91 Å². The van der Waals surface area contributed by atoms with E-state index in [2.05, 4.69) is 27.3 Å². The van der Waals surface area contributed by atoms with Gasteiger partial charge in [0, 0.05) is 6.04 Å². The van der Waals surface area contributed by atoms with Crippen LogP contribution in [-0.2, 0) is 4.79 Å². The summed E-state index contributed by atoms with van der Waals surface area (Å²) >= 11 is 1.44. The Hall–Kier alpha value is -2.41. The van der Waals surface area contributed by atoms with Crippen molar-refractivity contribution in [3.63, 3.8) is 0 Å². The summed E-state index contributed by atoms with van der Waals surface area (Å²) in [6, 6.07) is 10.2. The Morgan fingerprint density at radius 2 is 2.04 bits per heavy atom. The van der Waals surface area contributed by atoms with Crippen molar-refractivity contribution in [2.45, 2.75) is 43.7 Å². The van der Waals surface area contributed by atoms with E-state index in [0.29, 0.717) is 17.7 Å². The molecule has 4 rings (SSSR count). The predicted molar refractivity (Wildman–Crippen MR) is 107 cm³/mol. The number of benzene rings is 1. The number of carbonyl (C=O) groups excluding carboxylic acids is 1. The van der Waals surface area contributed by atoms with Gasteiger partial charge in [-0.2, -0.15) is 5.10 Å². The second-order valence-corrected chi connectivity index (χ2v) is 8.00. The number of nitrogens with zero attached hydrogens (tertiary/aromatic N) is 4. The maximum absolute atomic E-state index is 12.4. The van der Waals surface area contributed by atoms with Crippen molar-refractivity contribution in [1.29, 1.82) is 0 Å². The number of aromatic nitrogens is 4. The van der Waals surface area contributed by atoms with Crippen molar-refractivity contribution in [3.8, 4) is 5.69 Å². The minimum absolute atomic E-state index is 0.0703. The standard InChI is InChI=1S/C20H23N5OS/c1-14-7-5-6-10-17(14)24-18(26)12-27-20-16-11-23-25(19(16)21-13-22-20)15-8-3-2-4-9-15/h2-4,8-9,11,13-14,17H,5-7,10,12H2,1H3,(H,24,26)/t14-,17-/m1/s1. The zero-order chi connectivity index (χ0) is 18.6. The largest absolute Gasteiger partial charge is 0.352 e. The van der Waals surface area contributed by atoms with Crippen LogP contribution in [0.3, 0.4) is 0 Å². The number of para-hydroxylation sites is 1. The molecule has 1 aliphatic rings. The number of hydrogen-bond donors (Lipinski definition) is 1. The second kappa shape index (κ2) is 8.08. The number of carbonyl (C=O) groups is 1. The van der Waals surface area contributed by atoms with Crippen LogP contribution in [0.4, 0.5) is 0 Å². The highest BCUT2D eigenvalue weighted by molar-refractivity contribution is 8.00. The Labute approximate surface area is 162 Å². The fourth-order valence-electron chi connectivity index (χ4n) is 3.61. The third kappa shape index (κ3) is 3.98. The van der Waals surface area contributed by atoms with Crippen LogP contribution in [0.1, 0.15) is 32.6 Å². The van der Waals surface area contributed by atoms with Gasteiger partial charge in [-0.3, -0.25) is 4.79 Å². The van der Waals surface area contributed by atoms with E-state index in [1.807, 2.05) is 30.3 Å². The van der Waals surface area contributed by atoms with Crippen LogP contribution in [0.2, 0.25) is 0 Å². The quantitative estimate of drug-likeness (QED) is 0.540. The molecule has 1 N–H and O–H groups in total. The smallest absolute Gasteiger partial charge is 0.230 e. The molecule has 1 fully saturated rings. The van der Waals surface area contributed by atoms with Crippen molar-refractivity contribution in [1.82, 2.24) is 25.1 Å². The molecule has 2 aromatic heterocycles. The Kier molecular flexibility index (Phi) is 5.38. The summed E-state index contributed by atoms with van der Waals surface area (Å²) in [4.78, 5) is 21.1. The van der Waals surface area contributed by atoms with Gasteiger partial charge in [0.2, 0.25) is 5.91 Å². The third-order valence-electron chi connectivity index (χ3n) is 5.13. The molecule has 140 valence electrons. The van der Waals surface area contributed by atoms with E-state index in [9.17, 15) is 4.79 Å². The lowest BCUT2D eigenvalue weighted by Gasteiger charge is -2.29. The van der Waals surface area contributed by atoms with Gasteiger partial charge in [-0.1, -0.05) is 49.7 Å². The highest BCUT2D eigenvalue weighted by atomic mass is 32.2. The third-order valence-corrected chi connectivity index (χ3v) is 6.13. The molecule has 27 heavy (non-hydrogen) atoms. The molecule has 7 heteroatoms. The van der Waals surface area contributed by atoms with Gasteiger partial charge in [0.05, 0.1) is 23.0 Å². The molecule has 1 amide bonds. The molecule has 0 aliphatic heterocycles. The first-order chi connectivity index (χ1) is 13.2. The first-order valence-corrected chi connectivity index (χ1v) is 10.4. The lowest BCUT2D eigenvalue weighted by atomic mass is 9.86. The van der Waals surface area contributed by atoms with Crippen molar-refractivity contribution < 1.29 is 4.79 Å². The monoisotopic (exact) mass is 381 g/mol. The number of hydrogen-bond acceptors (Lipinski definition) is 5. The Morgan fingerprint density at radius 1 is 1.22 bits per heavy atom. The van der Waals surface area contributed by atoms with Crippen LogP contribution in [0, 0.1) is 5.92 Å². The lowest BCUT2D eigenvalue weighted by molar-refractivity contribution is -0.119. The van der Waals surface area contributed by atoms with Gasteiger partial charge in [0.1, 0.15) is 11.4 Å². The molecule has 0 radical (unpaired) electrons. The number of rotatable bonds is 5. The zero-order valence-corrected chi connectivity index (χ0v) is 16.2. The maximum Gasteiger partial charge on any atom is 0.230 e. The lowest BCUT2D eigenvalue weighted by Crippen LogP contribution is -2.41. The summed E-state index contributed by atoms with van der Waals surface area (Å²) in [5.74, 6) is 0.981. The first-order valence-electron chi connectivity index (χ1n) is 9.38.